The van der Waals surface area contributed by atoms with Crippen molar-refractivity contribution in [1.29, 1.82) is 0 Å². The molecule has 2 N–H and O–H groups in total. The van der Waals surface area contributed by atoms with Crippen molar-refractivity contribution in [3.63, 3.8) is 0 Å². The molecule has 0 unspecified atom stereocenters. The van der Waals surface area contributed by atoms with Crippen molar-refractivity contribution in [3.05, 3.63) is 36.0 Å². The SMILES string of the molecule is CCNc1cncc(C(=O)NCCn2cc(C)cn2)n1. The number of amides is 1. The number of anilines is 1. The van der Waals surface area contributed by atoms with Crippen LogP contribution in [0.2, 0.25) is 0 Å². The quantitative estimate of drug-likeness (QED) is 0.815. The third-order valence-corrected chi connectivity index (χ3v) is 2.61. The number of carbonyl (C=O) groups excluding carboxylic acids is 1. The first-order chi connectivity index (χ1) is 9.69. The van der Waals surface area contributed by atoms with E-state index in [-0.39, 0.29) is 5.91 Å². The predicted molar refractivity (Wildman–Crippen MR) is 75.5 cm³/mol. The van der Waals surface area contributed by atoms with E-state index in [1.807, 2.05) is 20.0 Å². The molecule has 0 aliphatic rings. The lowest BCUT2D eigenvalue weighted by molar-refractivity contribution is 0.0946. The normalized spacial score (nSPS) is 10.3. The largest absolute Gasteiger partial charge is 0.369 e. The van der Waals surface area contributed by atoms with Gasteiger partial charge in [-0.15, -0.1) is 0 Å². The summed E-state index contributed by atoms with van der Waals surface area (Å²) in [6, 6.07) is 0. The van der Waals surface area contributed by atoms with E-state index in [0.29, 0.717) is 24.6 Å². The van der Waals surface area contributed by atoms with Crippen LogP contribution in [-0.4, -0.2) is 38.7 Å². The number of rotatable bonds is 6. The van der Waals surface area contributed by atoms with E-state index in [2.05, 4.69) is 25.7 Å². The van der Waals surface area contributed by atoms with Gasteiger partial charge in [0.25, 0.3) is 5.91 Å². The first-order valence-electron chi connectivity index (χ1n) is 6.52. The highest BCUT2D eigenvalue weighted by atomic mass is 16.1. The second kappa shape index (κ2) is 6.65. The minimum absolute atomic E-state index is 0.235. The topological polar surface area (TPSA) is 84.7 Å². The average Bonchev–Trinajstić information content (AvgIpc) is 2.85. The van der Waals surface area contributed by atoms with Crippen LogP contribution in [-0.2, 0) is 6.54 Å². The summed E-state index contributed by atoms with van der Waals surface area (Å²) < 4.78 is 1.79. The van der Waals surface area contributed by atoms with Gasteiger partial charge in [-0.2, -0.15) is 5.10 Å². The molecule has 2 rings (SSSR count). The van der Waals surface area contributed by atoms with E-state index in [9.17, 15) is 4.79 Å². The van der Waals surface area contributed by atoms with Crippen LogP contribution < -0.4 is 10.6 Å². The van der Waals surface area contributed by atoms with E-state index in [4.69, 9.17) is 0 Å². The minimum Gasteiger partial charge on any atom is -0.369 e. The molecule has 2 aromatic rings. The molecule has 20 heavy (non-hydrogen) atoms. The van der Waals surface area contributed by atoms with Gasteiger partial charge in [-0.05, 0) is 19.4 Å². The van der Waals surface area contributed by atoms with Crippen LogP contribution in [0.3, 0.4) is 0 Å². The number of carbonyl (C=O) groups is 1. The van der Waals surface area contributed by atoms with Crippen LogP contribution >= 0.6 is 0 Å². The minimum atomic E-state index is -0.235. The van der Waals surface area contributed by atoms with Gasteiger partial charge in [0.1, 0.15) is 11.5 Å². The molecule has 2 heterocycles. The maximum absolute atomic E-state index is 11.9. The highest BCUT2D eigenvalue weighted by molar-refractivity contribution is 5.92. The van der Waals surface area contributed by atoms with Gasteiger partial charge in [0, 0.05) is 19.3 Å². The van der Waals surface area contributed by atoms with Crippen LogP contribution in [0, 0.1) is 6.92 Å². The maximum Gasteiger partial charge on any atom is 0.271 e. The molecule has 0 atom stereocenters. The van der Waals surface area contributed by atoms with Gasteiger partial charge in [0.2, 0.25) is 0 Å². The Morgan fingerprint density at radius 3 is 2.90 bits per heavy atom. The van der Waals surface area contributed by atoms with Crippen LogP contribution in [0.25, 0.3) is 0 Å². The Morgan fingerprint density at radius 1 is 1.35 bits per heavy atom. The Hall–Kier alpha value is -2.44. The van der Waals surface area contributed by atoms with Gasteiger partial charge >= 0.3 is 0 Å². The van der Waals surface area contributed by atoms with Gasteiger partial charge in [-0.1, -0.05) is 0 Å². The second-order valence-corrected chi connectivity index (χ2v) is 4.36. The van der Waals surface area contributed by atoms with Crippen molar-refractivity contribution in [2.75, 3.05) is 18.4 Å². The first kappa shape index (κ1) is 14.0. The van der Waals surface area contributed by atoms with Crippen LogP contribution in [0.15, 0.2) is 24.8 Å². The highest BCUT2D eigenvalue weighted by Crippen LogP contribution is 2.01. The fourth-order valence-corrected chi connectivity index (χ4v) is 1.71. The van der Waals surface area contributed by atoms with Gasteiger partial charge in [-0.3, -0.25) is 14.5 Å². The van der Waals surface area contributed by atoms with Crippen molar-refractivity contribution < 1.29 is 4.79 Å². The van der Waals surface area contributed by atoms with Crippen molar-refractivity contribution in [2.45, 2.75) is 20.4 Å². The van der Waals surface area contributed by atoms with E-state index >= 15 is 0 Å². The number of aryl methyl sites for hydroxylation is 1. The van der Waals surface area contributed by atoms with Crippen molar-refractivity contribution in [3.8, 4) is 0 Å². The molecule has 7 nitrogen and oxygen atoms in total. The molecular formula is C13H18N6O. The van der Waals surface area contributed by atoms with Crippen molar-refractivity contribution >= 4 is 11.7 Å². The molecule has 0 aliphatic carbocycles. The molecule has 106 valence electrons. The smallest absolute Gasteiger partial charge is 0.271 e. The van der Waals surface area contributed by atoms with E-state index in [1.54, 1.807) is 17.1 Å². The van der Waals surface area contributed by atoms with Crippen LogP contribution in [0.1, 0.15) is 23.0 Å². The Kier molecular flexibility index (Phi) is 4.65. The standard InChI is InChI=1S/C13H18N6O/c1-3-15-12-8-14-7-11(18-12)13(20)16-4-5-19-9-10(2)6-17-19/h6-9H,3-5H2,1-2H3,(H,15,18)(H,16,20). The molecular weight excluding hydrogens is 256 g/mol. The summed E-state index contributed by atoms with van der Waals surface area (Å²) in [7, 11) is 0. The lowest BCUT2D eigenvalue weighted by Gasteiger charge is -2.06. The zero-order valence-corrected chi connectivity index (χ0v) is 11.6. The van der Waals surface area contributed by atoms with Gasteiger partial charge in [0.05, 0.1) is 25.1 Å². The number of aromatic nitrogens is 4. The average molecular weight is 274 g/mol. The summed E-state index contributed by atoms with van der Waals surface area (Å²) >= 11 is 0. The fourth-order valence-electron chi connectivity index (χ4n) is 1.71. The van der Waals surface area contributed by atoms with Crippen molar-refractivity contribution in [2.24, 2.45) is 0 Å². The third-order valence-electron chi connectivity index (χ3n) is 2.61. The molecule has 0 saturated heterocycles. The lowest BCUT2D eigenvalue weighted by atomic mass is 10.4. The number of hydrogen-bond donors (Lipinski definition) is 2. The number of nitrogens with one attached hydrogen (secondary N) is 2. The lowest BCUT2D eigenvalue weighted by Crippen LogP contribution is -2.28. The zero-order chi connectivity index (χ0) is 14.4. The highest BCUT2D eigenvalue weighted by Gasteiger charge is 2.08. The van der Waals surface area contributed by atoms with Gasteiger partial charge in [-0.25, -0.2) is 4.98 Å². The molecule has 0 spiro atoms. The van der Waals surface area contributed by atoms with Crippen LogP contribution in [0.5, 0.6) is 0 Å². The van der Waals surface area contributed by atoms with Crippen LogP contribution in [0.4, 0.5) is 5.82 Å². The molecule has 0 aliphatic heterocycles. The number of hydrogen-bond acceptors (Lipinski definition) is 5. The molecule has 0 saturated carbocycles. The molecule has 0 aromatic carbocycles. The number of nitrogens with zero attached hydrogens (tertiary/aromatic N) is 4. The van der Waals surface area contributed by atoms with E-state index in [1.165, 1.54) is 6.20 Å². The Balaban J connectivity index is 1.86. The molecule has 7 heteroatoms. The van der Waals surface area contributed by atoms with Gasteiger partial charge < -0.3 is 10.6 Å². The molecule has 0 fully saturated rings. The fraction of sp³-hybridized carbons (Fsp3) is 0.385. The van der Waals surface area contributed by atoms with E-state index < -0.39 is 0 Å². The summed E-state index contributed by atoms with van der Waals surface area (Å²) in [5.41, 5.74) is 1.40. The van der Waals surface area contributed by atoms with E-state index in [0.717, 1.165) is 12.1 Å². The monoisotopic (exact) mass is 274 g/mol. The molecule has 0 bridgehead atoms. The second-order valence-electron chi connectivity index (χ2n) is 4.36. The Labute approximate surface area is 117 Å². The summed E-state index contributed by atoms with van der Waals surface area (Å²) in [5, 5.41) is 9.97. The first-order valence-corrected chi connectivity index (χ1v) is 6.52. The Bertz CT molecular complexity index is 580. The molecule has 1 amide bonds. The third kappa shape index (κ3) is 3.78. The summed E-state index contributed by atoms with van der Waals surface area (Å²) in [5.74, 6) is 0.365. The summed E-state index contributed by atoms with van der Waals surface area (Å²) in [6.45, 7) is 5.79. The molecule has 0 radical (unpaired) electrons. The Morgan fingerprint density at radius 2 is 2.20 bits per heavy atom. The summed E-state index contributed by atoms with van der Waals surface area (Å²) in [6.07, 6.45) is 6.76. The molecule has 2 aromatic heterocycles. The predicted octanol–water partition coefficient (Wildman–Crippen LogP) is 0.843. The zero-order valence-electron chi connectivity index (χ0n) is 11.6. The maximum atomic E-state index is 11.9. The van der Waals surface area contributed by atoms with Gasteiger partial charge in [0.15, 0.2) is 0 Å². The van der Waals surface area contributed by atoms with Crippen molar-refractivity contribution in [1.82, 2.24) is 25.1 Å². The summed E-state index contributed by atoms with van der Waals surface area (Å²) in [4.78, 5) is 20.1.